The van der Waals surface area contributed by atoms with Gasteiger partial charge in [0.1, 0.15) is 17.4 Å². The van der Waals surface area contributed by atoms with E-state index in [1.54, 1.807) is 13.3 Å². The first-order chi connectivity index (χ1) is 17.0. The molecule has 0 bridgehead atoms. The molecule has 1 fully saturated rings. The Bertz CT molecular complexity index is 1130. The minimum absolute atomic E-state index is 0.0956. The first kappa shape index (κ1) is 25.8. The molecule has 3 aromatic rings. The van der Waals surface area contributed by atoms with Gasteiger partial charge in [-0.05, 0) is 85.7 Å². The number of aromatic nitrogens is 1. The Balaban J connectivity index is 1.30. The number of aliphatic hydroxyl groups excluding tert-OH is 2. The molecule has 2 heterocycles. The maximum atomic E-state index is 13.8. The molecule has 0 amide bonds. The summed E-state index contributed by atoms with van der Waals surface area (Å²) in [5.74, 6) is 0.993. The van der Waals surface area contributed by atoms with Crippen LogP contribution in [0.15, 0.2) is 53.6 Å². The smallest absolute Gasteiger partial charge is 0.136 e. The molecule has 0 spiro atoms. The van der Waals surface area contributed by atoms with Crippen LogP contribution in [-0.4, -0.2) is 59.2 Å². The molecule has 1 aliphatic heterocycles. The second kappa shape index (κ2) is 12.1. The van der Waals surface area contributed by atoms with Gasteiger partial charge in [-0.15, -0.1) is 11.8 Å². The van der Waals surface area contributed by atoms with E-state index >= 15 is 0 Å². The predicted molar refractivity (Wildman–Crippen MR) is 135 cm³/mol. The van der Waals surface area contributed by atoms with E-state index < -0.39 is 17.7 Å². The number of pyridine rings is 1. The van der Waals surface area contributed by atoms with Crippen LogP contribution in [0, 0.1) is 23.5 Å². The Kier molecular flexibility index (Phi) is 8.94. The van der Waals surface area contributed by atoms with E-state index in [1.807, 2.05) is 24.3 Å². The normalized spacial score (nSPS) is 19.7. The van der Waals surface area contributed by atoms with Gasteiger partial charge in [0.05, 0.1) is 18.7 Å². The summed E-state index contributed by atoms with van der Waals surface area (Å²) in [6, 6.07) is 11.0. The zero-order valence-corrected chi connectivity index (χ0v) is 20.7. The molecule has 4 rings (SSSR count). The number of thioether (sulfide) groups is 1. The molecule has 0 unspecified atom stereocenters. The molecule has 1 aliphatic rings. The second-order valence-corrected chi connectivity index (χ2v) is 10.2. The van der Waals surface area contributed by atoms with Gasteiger partial charge in [-0.2, -0.15) is 0 Å². The van der Waals surface area contributed by atoms with E-state index in [-0.39, 0.29) is 12.5 Å². The minimum Gasteiger partial charge on any atom is -0.497 e. The third kappa shape index (κ3) is 6.50. The van der Waals surface area contributed by atoms with Crippen LogP contribution in [0.2, 0.25) is 0 Å². The lowest BCUT2D eigenvalue weighted by molar-refractivity contribution is 0.0608. The Morgan fingerprint density at radius 3 is 2.83 bits per heavy atom. The summed E-state index contributed by atoms with van der Waals surface area (Å²) in [6.45, 7) is 2.49. The van der Waals surface area contributed by atoms with Crippen LogP contribution in [0.25, 0.3) is 10.9 Å². The highest BCUT2D eigenvalue weighted by molar-refractivity contribution is 7.99. The van der Waals surface area contributed by atoms with Crippen LogP contribution in [0.1, 0.15) is 30.9 Å². The summed E-state index contributed by atoms with van der Waals surface area (Å²) >= 11 is 1.31. The van der Waals surface area contributed by atoms with Crippen LogP contribution >= 0.6 is 11.8 Å². The van der Waals surface area contributed by atoms with E-state index in [1.165, 1.54) is 17.8 Å². The van der Waals surface area contributed by atoms with Gasteiger partial charge in [0, 0.05) is 41.9 Å². The van der Waals surface area contributed by atoms with Crippen LogP contribution in [0.4, 0.5) is 8.78 Å². The average Bonchev–Trinajstić information content (AvgIpc) is 2.88. The van der Waals surface area contributed by atoms with Crippen LogP contribution in [-0.2, 0) is 0 Å². The van der Waals surface area contributed by atoms with Crippen molar-refractivity contribution in [3.8, 4) is 5.75 Å². The Hall–Kier alpha value is -2.26. The van der Waals surface area contributed by atoms with E-state index in [0.29, 0.717) is 23.0 Å². The van der Waals surface area contributed by atoms with Gasteiger partial charge in [0.15, 0.2) is 0 Å². The van der Waals surface area contributed by atoms with Gasteiger partial charge < -0.3 is 19.8 Å². The van der Waals surface area contributed by atoms with E-state index in [0.717, 1.165) is 66.8 Å². The van der Waals surface area contributed by atoms with Crippen molar-refractivity contribution in [1.29, 1.82) is 0 Å². The summed E-state index contributed by atoms with van der Waals surface area (Å²) in [5, 5.41) is 21.9. The minimum atomic E-state index is -0.623. The van der Waals surface area contributed by atoms with Crippen molar-refractivity contribution in [3.63, 3.8) is 0 Å². The zero-order chi connectivity index (χ0) is 24.8. The standard InChI is InChI=1S/C27H32F2N2O3S/c1-34-21-4-6-25-23(15-21)22(8-10-30-25)26(33)7-2-18-9-11-31(16-19(18)17-32)12-13-35-27-14-20(28)3-5-24(27)29/h3-6,8,10,14-15,18-19,26,32-33H,2,7,9,11-13,16-17H2,1H3/t18-,19-,26+/m1/s1. The van der Waals surface area contributed by atoms with E-state index in [9.17, 15) is 19.0 Å². The maximum absolute atomic E-state index is 13.8. The lowest BCUT2D eigenvalue weighted by atomic mass is 9.81. The third-order valence-corrected chi connectivity index (χ3v) is 7.93. The fourth-order valence-corrected chi connectivity index (χ4v) is 5.88. The molecule has 1 aromatic heterocycles. The monoisotopic (exact) mass is 502 g/mol. The molecule has 3 atom stereocenters. The van der Waals surface area contributed by atoms with E-state index in [4.69, 9.17) is 4.74 Å². The number of hydrogen-bond donors (Lipinski definition) is 2. The number of fused-ring (bicyclic) bond motifs is 1. The zero-order valence-electron chi connectivity index (χ0n) is 19.9. The van der Waals surface area contributed by atoms with Crippen LogP contribution in [0.3, 0.4) is 0 Å². The van der Waals surface area contributed by atoms with E-state index in [2.05, 4.69) is 9.88 Å². The first-order valence-corrected chi connectivity index (χ1v) is 13.0. The largest absolute Gasteiger partial charge is 0.497 e. The molecule has 2 aromatic carbocycles. The molecule has 188 valence electrons. The van der Waals surface area contributed by atoms with Gasteiger partial charge >= 0.3 is 0 Å². The van der Waals surface area contributed by atoms with Crippen molar-refractivity contribution in [2.75, 3.05) is 39.1 Å². The number of piperidine rings is 1. The van der Waals surface area contributed by atoms with Crippen molar-refractivity contribution in [1.82, 2.24) is 9.88 Å². The third-order valence-electron chi connectivity index (χ3n) is 6.92. The van der Waals surface area contributed by atoms with Crippen molar-refractivity contribution in [3.05, 3.63) is 65.9 Å². The Morgan fingerprint density at radius 2 is 2.03 bits per heavy atom. The van der Waals surface area contributed by atoms with Crippen molar-refractivity contribution < 1.29 is 23.7 Å². The first-order valence-electron chi connectivity index (χ1n) is 12.0. The quantitative estimate of drug-likeness (QED) is 0.378. The summed E-state index contributed by atoms with van der Waals surface area (Å²) in [6.07, 6.45) is 3.45. The van der Waals surface area contributed by atoms with Crippen molar-refractivity contribution in [2.45, 2.75) is 30.3 Å². The molecule has 1 saturated heterocycles. The van der Waals surface area contributed by atoms with Crippen molar-refractivity contribution in [2.24, 2.45) is 11.8 Å². The topological polar surface area (TPSA) is 65.8 Å². The lowest BCUT2D eigenvalue weighted by Crippen LogP contribution is -2.43. The van der Waals surface area contributed by atoms with Gasteiger partial charge in [-0.3, -0.25) is 4.98 Å². The number of likely N-dealkylation sites (tertiary alicyclic amines) is 1. The molecule has 8 heteroatoms. The fraction of sp³-hybridized carbons (Fsp3) is 0.444. The molecule has 0 saturated carbocycles. The number of ether oxygens (including phenoxy) is 1. The van der Waals surface area contributed by atoms with Gasteiger partial charge in [0.2, 0.25) is 0 Å². The predicted octanol–water partition coefficient (Wildman–Crippen LogP) is 5.06. The molecular weight excluding hydrogens is 470 g/mol. The molecule has 0 radical (unpaired) electrons. The Morgan fingerprint density at radius 1 is 1.17 bits per heavy atom. The lowest BCUT2D eigenvalue weighted by Gasteiger charge is -2.38. The highest BCUT2D eigenvalue weighted by atomic mass is 32.2. The number of nitrogens with zero attached hydrogens (tertiary/aromatic N) is 2. The number of aliphatic hydroxyl groups is 2. The fourth-order valence-electron chi connectivity index (χ4n) is 4.91. The summed E-state index contributed by atoms with van der Waals surface area (Å²) in [7, 11) is 1.62. The number of hydrogen-bond acceptors (Lipinski definition) is 6. The summed E-state index contributed by atoms with van der Waals surface area (Å²) < 4.78 is 32.5. The van der Waals surface area contributed by atoms with Gasteiger partial charge in [-0.1, -0.05) is 0 Å². The number of methoxy groups -OCH3 is 1. The highest BCUT2D eigenvalue weighted by Crippen LogP contribution is 2.33. The maximum Gasteiger partial charge on any atom is 0.136 e. The number of halogens is 2. The highest BCUT2D eigenvalue weighted by Gasteiger charge is 2.29. The molecule has 2 N–H and O–H groups in total. The van der Waals surface area contributed by atoms with Gasteiger partial charge in [0.25, 0.3) is 0 Å². The van der Waals surface area contributed by atoms with Crippen LogP contribution in [0.5, 0.6) is 5.75 Å². The van der Waals surface area contributed by atoms with Crippen molar-refractivity contribution >= 4 is 22.7 Å². The number of rotatable bonds is 10. The summed E-state index contributed by atoms with van der Waals surface area (Å²) in [5.41, 5.74) is 1.66. The Labute approximate surface area is 209 Å². The molecule has 35 heavy (non-hydrogen) atoms. The van der Waals surface area contributed by atoms with Crippen LogP contribution < -0.4 is 4.74 Å². The SMILES string of the molecule is COc1ccc2nccc([C@@H](O)CC[C@@H]3CCN(CCSc4cc(F)ccc4F)C[C@@H]3CO)c2c1. The molecular formula is C27H32F2N2O3S. The molecule has 0 aliphatic carbocycles. The average molecular weight is 503 g/mol. The number of benzene rings is 2. The molecule has 5 nitrogen and oxygen atoms in total. The second-order valence-electron chi connectivity index (χ2n) is 9.09. The summed E-state index contributed by atoms with van der Waals surface area (Å²) in [4.78, 5) is 7.00. The van der Waals surface area contributed by atoms with Gasteiger partial charge in [-0.25, -0.2) is 8.78 Å².